The maximum absolute atomic E-state index is 13.6. The van der Waals surface area contributed by atoms with Crippen LogP contribution in [0.2, 0.25) is 0 Å². The summed E-state index contributed by atoms with van der Waals surface area (Å²) >= 11 is 2.94. The SMILES string of the molecule is COCCCNC(=O)C(C)Sc1nc2sc3c(c2c(=O)n1Cc1ccco1)CCC(C)C3. The highest BCUT2D eigenvalue weighted by molar-refractivity contribution is 8.00. The smallest absolute Gasteiger partial charge is 0.263 e. The van der Waals surface area contributed by atoms with Gasteiger partial charge in [-0.2, -0.15) is 0 Å². The molecule has 1 aliphatic carbocycles. The van der Waals surface area contributed by atoms with E-state index in [0.29, 0.717) is 36.5 Å². The molecule has 0 saturated carbocycles. The zero-order valence-corrected chi connectivity index (χ0v) is 20.3. The molecule has 3 aromatic rings. The molecule has 3 aromatic heterocycles. The first-order valence-corrected chi connectivity index (χ1v) is 12.7. The molecule has 2 unspecified atom stereocenters. The summed E-state index contributed by atoms with van der Waals surface area (Å²) in [7, 11) is 1.64. The molecular weight excluding hydrogens is 446 g/mol. The molecule has 0 radical (unpaired) electrons. The van der Waals surface area contributed by atoms with Gasteiger partial charge in [-0.3, -0.25) is 14.2 Å². The van der Waals surface area contributed by atoms with Gasteiger partial charge in [0.25, 0.3) is 5.56 Å². The monoisotopic (exact) mass is 475 g/mol. The topological polar surface area (TPSA) is 86.4 Å². The number of methoxy groups -OCH3 is 1. The molecule has 2 atom stereocenters. The molecule has 1 amide bonds. The van der Waals surface area contributed by atoms with Gasteiger partial charge in [-0.15, -0.1) is 11.3 Å². The van der Waals surface area contributed by atoms with E-state index in [4.69, 9.17) is 14.1 Å². The first-order valence-electron chi connectivity index (χ1n) is 11.0. The molecule has 0 fully saturated rings. The summed E-state index contributed by atoms with van der Waals surface area (Å²) in [5.41, 5.74) is 1.11. The second-order valence-electron chi connectivity index (χ2n) is 8.29. The summed E-state index contributed by atoms with van der Waals surface area (Å²) in [6.07, 6.45) is 5.36. The molecule has 172 valence electrons. The van der Waals surface area contributed by atoms with Crippen LogP contribution in [0.5, 0.6) is 0 Å². The van der Waals surface area contributed by atoms with Crippen LogP contribution in [0, 0.1) is 5.92 Å². The zero-order chi connectivity index (χ0) is 22.7. The number of carbonyl (C=O) groups excluding carboxylic acids is 1. The first-order chi connectivity index (χ1) is 15.5. The van der Waals surface area contributed by atoms with Crippen LogP contribution in [0.25, 0.3) is 10.2 Å². The molecule has 1 N–H and O–H groups in total. The summed E-state index contributed by atoms with van der Waals surface area (Å²) in [5.74, 6) is 1.23. The highest BCUT2D eigenvalue weighted by atomic mass is 32.2. The van der Waals surface area contributed by atoms with Crippen LogP contribution in [-0.4, -0.2) is 41.0 Å². The summed E-state index contributed by atoms with van der Waals surface area (Å²) in [6.45, 7) is 5.54. The van der Waals surface area contributed by atoms with Crippen molar-refractivity contribution in [3.63, 3.8) is 0 Å². The second-order valence-corrected chi connectivity index (χ2v) is 10.7. The van der Waals surface area contributed by atoms with Gasteiger partial charge in [0.1, 0.15) is 10.6 Å². The lowest BCUT2D eigenvalue weighted by Gasteiger charge is -2.18. The summed E-state index contributed by atoms with van der Waals surface area (Å²) in [4.78, 5) is 33.2. The van der Waals surface area contributed by atoms with E-state index >= 15 is 0 Å². The van der Waals surface area contributed by atoms with Gasteiger partial charge in [0, 0.05) is 25.1 Å². The summed E-state index contributed by atoms with van der Waals surface area (Å²) in [5, 5.41) is 3.83. The largest absolute Gasteiger partial charge is 0.467 e. The molecule has 0 spiro atoms. The predicted molar refractivity (Wildman–Crippen MR) is 128 cm³/mol. The molecule has 1 aliphatic rings. The van der Waals surface area contributed by atoms with E-state index in [9.17, 15) is 9.59 Å². The first kappa shape index (κ1) is 23.1. The standard InChI is InChI=1S/C23H29N3O4S2/c1-14-7-8-17-18(12-14)32-21-19(17)22(28)26(13-16-6-4-11-30-16)23(25-21)31-15(2)20(27)24-9-5-10-29-3/h4,6,11,14-15H,5,7-10,12-13H2,1-3H3,(H,24,27). The summed E-state index contributed by atoms with van der Waals surface area (Å²) in [6, 6.07) is 3.66. The number of fused-ring (bicyclic) bond motifs is 3. The third-order valence-corrected chi connectivity index (χ3v) is 7.99. The van der Waals surface area contributed by atoms with Crippen molar-refractivity contribution in [3.05, 3.63) is 45.0 Å². The molecule has 0 aromatic carbocycles. The highest BCUT2D eigenvalue weighted by Crippen LogP contribution is 2.37. The number of ether oxygens (including phenoxy) is 1. The van der Waals surface area contributed by atoms with Crippen molar-refractivity contribution >= 4 is 39.2 Å². The van der Waals surface area contributed by atoms with Gasteiger partial charge in [0.2, 0.25) is 5.91 Å². The van der Waals surface area contributed by atoms with E-state index in [1.54, 1.807) is 29.3 Å². The number of thiophene rings is 1. The van der Waals surface area contributed by atoms with Crippen LogP contribution in [0.3, 0.4) is 0 Å². The molecule has 4 rings (SSSR count). The van der Waals surface area contributed by atoms with Gasteiger partial charge >= 0.3 is 0 Å². The predicted octanol–water partition coefficient (Wildman–Crippen LogP) is 3.86. The lowest BCUT2D eigenvalue weighted by Crippen LogP contribution is -2.33. The van der Waals surface area contributed by atoms with E-state index in [0.717, 1.165) is 41.5 Å². The van der Waals surface area contributed by atoms with Crippen LogP contribution in [0.1, 0.15) is 42.9 Å². The fourth-order valence-electron chi connectivity index (χ4n) is 3.98. The Balaban J connectivity index is 1.67. The number of hydrogen-bond acceptors (Lipinski definition) is 7. The van der Waals surface area contributed by atoms with Crippen molar-refractivity contribution in [2.75, 3.05) is 20.3 Å². The molecule has 0 bridgehead atoms. The number of amides is 1. The van der Waals surface area contributed by atoms with Crippen molar-refractivity contribution in [2.45, 2.75) is 56.5 Å². The van der Waals surface area contributed by atoms with Crippen LogP contribution in [0.4, 0.5) is 0 Å². The number of rotatable bonds is 9. The Hall–Kier alpha value is -2.10. The average Bonchev–Trinajstić information content (AvgIpc) is 3.40. The Morgan fingerprint density at radius 2 is 2.34 bits per heavy atom. The molecule has 7 nitrogen and oxygen atoms in total. The molecule has 9 heteroatoms. The minimum absolute atomic E-state index is 0.0475. The van der Waals surface area contributed by atoms with E-state index in [2.05, 4.69) is 12.2 Å². The van der Waals surface area contributed by atoms with Crippen LogP contribution >= 0.6 is 23.1 Å². The van der Waals surface area contributed by atoms with Crippen LogP contribution in [-0.2, 0) is 28.9 Å². The van der Waals surface area contributed by atoms with Gasteiger partial charge in [-0.1, -0.05) is 18.7 Å². The minimum Gasteiger partial charge on any atom is -0.467 e. The number of aryl methyl sites for hydroxylation is 1. The van der Waals surface area contributed by atoms with E-state index in [1.165, 1.54) is 16.6 Å². The Labute approximate surface area is 195 Å². The van der Waals surface area contributed by atoms with Gasteiger partial charge in [-0.05, 0) is 56.2 Å². The number of nitrogens with zero attached hydrogens (tertiary/aromatic N) is 2. The molecular formula is C23H29N3O4S2. The van der Waals surface area contributed by atoms with E-state index < -0.39 is 0 Å². The Bertz CT molecular complexity index is 1140. The quantitative estimate of drug-likeness (QED) is 0.287. The van der Waals surface area contributed by atoms with Crippen LogP contribution < -0.4 is 10.9 Å². The van der Waals surface area contributed by atoms with E-state index in [-0.39, 0.29) is 16.7 Å². The Kier molecular flexibility index (Phi) is 7.37. The van der Waals surface area contributed by atoms with Crippen molar-refractivity contribution in [2.24, 2.45) is 5.92 Å². The molecule has 32 heavy (non-hydrogen) atoms. The molecule has 0 saturated heterocycles. The third-order valence-electron chi connectivity index (χ3n) is 5.75. The van der Waals surface area contributed by atoms with Crippen molar-refractivity contribution < 1.29 is 13.9 Å². The number of hydrogen-bond donors (Lipinski definition) is 1. The molecule has 0 aliphatic heterocycles. The maximum Gasteiger partial charge on any atom is 0.263 e. The second kappa shape index (κ2) is 10.2. The van der Waals surface area contributed by atoms with Crippen molar-refractivity contribution in [3.8, 4) is 0 Å². The lowest BCUT2D eigenvalue weighted by atomic mass is 9.89. The number of furan rings is 1. The van der Waals surface area contributed by atoms with Crippen molar-refractivity contribution in [1.29, 1.82) is 0 Å². The third kappa shape index (κ3) is 4.94. The average molecular weight is 476 g/mol. The lowest BCUT2D eigenvalue weighted by molar-refractivity contribution is -0.120. The number of nitrogens with one attached hydrogen (secondary N) is 1. The zero-order valence-electron chi connectivity index (χ0n) is 18.7. The van der Waals surface area contributed by atoms with Gasteiger partial charge < -0.3 is 14.5 Å². The number of thioether (sulfide) groups is 1. The van der Waals surface area contributed by atoms with Gasteiger partial charge in [0.15, 0.2) is 5.16 Å². The van der Waals surface area contributed by atoms with Crippen molar-refractivity contribution in [1.82, 2.24) is 14.9 Å². The number of carbonyl (C=O) groups is 1. The van der Waals surface area contributed by atoms with Crippen LogP contribution in [0.15, 0.2) is 32.8 Å². The Morgan fingerprint density at radius 3 is 3.09 bits per heavy atom. The normalized spacial score (nSPS) is 16.8. The minimum atomic E-state index is -0.389. The van der Waals surface area contributed by atoms with Gasteiger partial charge in [0.05, 0.1) is 23.4 Å². The van der Waals surface area contributed by atoms with Gasteiger partial charge in [-0.25, -0.2) is 4.98 Å². The number of aromatic nitrogens is 2. The summed E-state index contributed by atoms with van der Waals surface area (Å²) < 4.78 is 12.2. The fraction of sp³-hybridized carbons (Fsp3) is 0.522. The fourth-order valence-corrected chi connectivity index (χ4v) is 6.33. The highest BCUT2D eigenvalue weighted by Gasteiger charge is 2.26. The molecule has 3 heterocycles. The maximum atomic E-state index is 13.6. The van der Waals surface area contributed by atoms with E-state index in [1.807, 2.05) is 19.1 Å². The Morgan fingerprint density at radius 1 is 1.50 bits per heavy atom.